The predicted octanol–water partition coefficient (Wildman–Crippen LogP) is 2.11. The number of phosphoric ester groups is 2. The third-order valence-electron chi connectivity index (χ3n) is 14.6. The molecule has 93 heavy (non-hydrogen) atoms. The number of nitrogens with zero attached hydrogens (tertiary/aromatic N) is 1. The van der Waals surface area contributed by atoms with Crippen molar-refractivity contribution in [3.05, 3.63) is 28.2 Å². The number of hydrogen-bond acceptors (Lipinski definition) is 21. The fraction of sp³-hybridized carbons (Fsp3) is 0.702. The first kappa shape index (κ1) is 80.9. The number of phosphoric acid groups is 2. The van der Waals surface area contributed by atoms with Gasteiger partial charge in [-0.2, -0.15) is 4.31 Å². The van der Waals surface area contributed by atoms with Crippen molar-refractivity contribution < 1.29 is 110 Å². The van der Waals surface area contributed by atoms with Crippen LogP contribution in [0, 0.1) is 5.92 Å². The number of aliphatic carboxylic acids is 2. The number of allylic oxidation sites excluding steroid dienone is 2. The molecule has 2 aromatic rings. The van der Waals surface area contributed by atoms with Crippen LogP contribution in [0.3, 0.4) is 0 Å². The molecule has 0 radical (unpaired) electrons. The molecule has 1 aliphatic heterocycles. The number of ether oxygens (including phenoxy) is 2. The number of hydrogen-bond donors (Lipinski definition) is 15. The van der Waals surface area contributed by atoms with Crippen molar-refractivity contribution in [1.82, 2.24) is 52.5 Å². The number of aromatic nitrogens is 2. The number of H-pyrrole nitrogens is 1. The largest absolute Gasteiger partial charge is 0.483 e. The van der Waals surface area contributed by atoms with Gasteiger partial charge in [0.15, 0.2) is 6.29 Å². The second-order valence-electron chi connectivity index (χ2n) is 23.0. The van der Waals surface area contributed by atoms with Crippen molar-refractivity contribution in [3.8, 4) is 0 Å². The Kier molecular flexibility index (Phi) is 35.6. The van der Waals surface area contributed by atoms with Crippen LogP contribution in [0.15, 0.2) is 23.4 Å². The van der Waals surface area contributed by atoms with Gasteiger partial charge in [-0.15, -0.1) is 11.3 Å². The summed E-state index contributed by atoms with van der Waals surface area (Å²) in [4.78, 5) is 157. The molecule has 0 spiro atoms. The molecule has 0 aromatic carbocycles. The Morgan fingerprint density at radius 3 is 1.92 bits per heavy atom. The van der Waals surface area contributed by atoms with Gasteiger partial charge in [0, 0.05) is 49.5 Å². The number of carbonyl (C=O) groups excluding carboxylic acids is 8. The Labute approximate surface area is 543 Å². The average Bonchev–Trinajstić information content (AvgIpc) is 1.36. The van der Waals surface area contributed by atoms with Crippen molar-refractivity contribution in [2.24, 2.45) is 5.92 Å². The number of thiophene rings is 1. The Hall–Kier alpha value is -6.29. The molecule has 1 fully saturated rings. The van der Waals surface area contributed by atoms with E-state index in [4.69, 9.17) is 18.5 Å². The molecule has 14 atom stereocenters. The molecule has 0 saturated carbocycles. The zero-order valence-corrected chi connectivity index (χ0v) is 56.3. The van der Waals surface area contributed by atoms with Crippen molar-refractivity contribution in [2.45, 2.75) is 225 Å². The van der Waals surface area contributed by atoms with Gasteiger partial charge in [-0.25, -0.2) is 18.9 Å². The van der Waals surface area contributed by atoms with E-state index in [0.717, 1.165) is 63.1 Å². The van der Waals surface area contributed by atoms with Gasteiger partial charge >= 0.3 is 27.6 Å². The maximum atomic E-state index is 13.5. The molecule has 526 valence electrons. The smallest absolute Gasteiger partial charge is 0.480 e. The van der Waals surface area contributed by atoms with Gasteiger partial charge in [0.25, 0.3) is 0 Å². The summed E-state index contributed by atoms with van der Waals surface area (Å²) in [5.74, 6) is -8.81. The van der Waals surface area contributed by atoms with Gasteiger partial charge in [0.2, 0.25) is 47.3 Å². The predicted molar refractivity (Wildman–Crippen MR) is 335 cm³/mol. The molecule has 0 aliphatic carbocycles. The lowest BCUT2D eigenvalue weighted by Gasteiger charge is -2.44. The van der Waals surface area contributed by atoms with E-state index in [1.54, 1.807) is 17.7 Å². The summed E-state index contributed by atoms with van der Waals surface area (Å²) in [6.45, 7) is 10.8. The highest BCUT2D eigenvalue weighted by Crippen LogP contribution is 2.61. The molecule has 3 rings (SSSR count). The molecular formula is C57H94N10O23P2S. The van der Waals surface area contributed by atoms with E-state index in [1.807, 2.05) is 32.2 Å². The van der Waals surface area contributed by atoms with Crippen LogP contribution in [0.2, 0.25) is 0 Å². The number of amides is 8. The SMILES string of the molecule is CC(=O)N[C@H]1[C@@H](OP(=O)(O)OP(=O)(O)OCC[C@H](C)CCC=C(C)C)O[C@H](CO)[C@@H](O)[C@@H]1O[C@H](C)C(=O)N[C@@H](C)C(=O)N[C@@H](CCC(=O)N[C@@H](CCCCNC(=O)CCCCCNC(=O)CCCCc1scc2[nH]cnc12)C(=O)N[C@H](C)C(=O)N[C@H](C)C(=O)O)C(=O)O. The molecule has 3 heterocycles. The molecule has 2 unspecified atom stereocenters. The third-order valence-corrected chi connectivity index (χ3v) is 18.3. The molecule has 33 nitrogen and oxygen atoms in total. The lowest BCUT2D eigenvalue weighted by Crippen LogP contribution is -2.66. The summed E-state index contributed by atoms with van der Waals surface area (Å²) in [7, 11) is -11.0. The quantitative estimate of drug-likeness (QED) is 0.0256. The molecule has 8 amide bonds. The number of rotatable bonds is 45. The Balaban J connectivity index is 1.53. The Morgan fingerprint density at radius 1 is 0.699 bits per heavy atom. The number of imidazole rings is 1. The van der Waals surface area contributed by atoms with E-state index in [9.17, 15) is 87.3 Å². The number of nitrogens with one attached hydrogen (secondary N) is 9. The van der Waals surface area contributed by atoms with Crippen LogP contribution in [-0.2, 0) is 86.3 Å². The fourth-order valence-corrected chi connectivity index (χ4v) is 12.4. The fourth-order valence-electron chi connectivity index (χ4n) is 9.26. The number of aliphatic hydroxyl groups is 2. The van der Waals surface area contributed by atoms with Crippen LogP contribution >= 0.6 is 27.0 Å². The van der Waals surface area contributed by atoms with Gasteiger partial charge in [0.05, 0.1) is 25.1 Å². The summed E-state index contributed by atoms with van der Waals surface area (Å²) in [6, 6.07) is -9.03. The van der Waals surface area contributed by atoms with E-state index in [1.165, 1.54) is 18.7 Å². The maximum absolute atomic E-state index is 13.5. The first-order valence-corrected chi connectivity index (χ1v) is 34.7. The Morgan fingerprint density at radius 2 is 1.31 bits per heavy atom. The van der Waals surface area contributed by atoms with Gasteiger partial charge in [0.1, 0.15) is 66.2 Å². The van der Waals surface area contributed by atoms with Crippen LogP contribution in [0.5, 0.6) is 0 Å². The minimum Gasteiger partial charge on any atom is -0.480 e. The van der Waals surface area contributed by atoms with Crippen LogP contribution in [0.1, 0.15) is 157 Å². The van der Waals surface area contributed by atoms with Crippen LogP contribution in [0.25, 0.3) is 11.0 Å². The van der Waals surface area contributed by atoms with Gasteiger partial charge in [-0.1, -0.05) is 25.0 Å². The van der Waals surface area contributed by atoms with Gasteiger partial charge in [-0.3, -0.25) is 52.2 Å². The van der Waals surface area contributed by atoms with E-state index in [0.29, 0.717) is 45.1 Å². The molecule has 0 bridgehead atoms. The number of aromatic amines is 1. The van der Waals surface area contributed by atoms with E-state index in [2.05, 4.69) is 56.8 Å². The second-order valence-corrected chi connectivity index (χ2v) is 27.0. The number of carboxylic acids is 2. The lowest BCUT2D eigenvalue weighted by molar-refractivity contribution is -0.261. The number of carboxylic acid groups (broad SMARTS) is 2. The zero-order valence-electron chi connectivity index (χ0n) is 53.7. The second kappa shape index (κ2) is 40.8. The number of fused-ring (bicyclic) bond motifs is 1. The minimum atomic E-state index is -5.69. The van der Waals surface area contributed by atoms with Crippen molar-refractivity contribution in [3.63, 3.8) is 0 Å². The van der Waals surface area contributed by atoms with E-state index in [-0.39, 0.29) is 56.6 Å². The van der Waals surface area contributed by atoms with Crippen LogP contribution in [-0.4, -0.2) is 193 Å². The van der Waals surface area contributed by atoms with E-state index >= 15 is 0 Å². The van der Waals surface area contributed by atoms with Crippen molar-refractivity contribution >= 4 is 97.2 Å². The van der Waals surface area contributed by atoms with Crippen molar-refractivity contribution in [1.29, 1.82) is 0 Å². The summed E-state index contributed by atoms with van der Waals surface area (Å²) < 4.78 is 51.5. The first-order valence-electron chi connectivity index (χ1n) is 30.8. The summed E-state index contributed by atoms with van der Waals surface area (Å²) in [6.07, 6.45) is 0.467. The summed E-state index contributed by atoms with van der Waals surface area (Å²) in [5.41, 5.74) is 3.09. The molecule has 2 aromatic heterocycles. The molecule has 36 heteroatoms. The maximum Gasteiger partial charge on any atom is 0.483 e. The van der Waals surface area contributed by atoms with Gasteiger partial charge < -0.3 is 87.2 Å². The minimum absolute atomic E-state index is 0.0180. The lowest BCUT2D eigenvalue weighted by atomic mass is 9.96. The average molecular weight is 1380 g/mol. The highest BCUT2D eigenvalue weighted by atomic mass is 32.1. The first-order chi connectivity index (χ1) is 43.7. The molecule has 15 N–H and O–H groups in total. The topological polar surface area (TPSA) is 497 Å². The molecule has 1 aliphatic rings. The number of unbranched alkanes of at least 4 members (excludes halogenated alkanes) is 4. The summed E-state index contributed by atoms with van der Waals surface area (Å²) in [5, 5.41) is 62.1. The van der Waals surface area contributed by atoms with Crippen LogP contribution < -0.4 is 42.5 Å². The van der Waals surface area contributed by atoms with Crippen LogP contribution in [0.4, 0.5) is 0 Å². The molecular weight excluding hydrogens is 1290 g/mol. The molecule has 1 saturated heterocycles. The van der Waals surface area contributed by atoms with Crippen molar-refractivity contribution in [2.75, 3.05) is 26.3 Å². The Bertz CT molecular complexity index is 2930. The number of aliphatic hydroxyl groups excluding tert-OH is 2. The highest BCUT2D eigenvalue weighted by Gasteiger charge is 2.51. The highest BCUT2D eigenvalue weighted by molar-refractivity contribution is 7.61. The monoisotopic (exact) mass is 1380 g/mol. The standard InChI is InChI=1S/C57H94N10O23P2S/c1-32(2)17-16-18-33(3)25-28-86-91(82,83)90-92(84,85)89-57-48(65-38(8)69)50(49(73)42(29-68)88-57)87-37(7)53(76)62-35(5)52(75)67-40(56(80)81)23-24-46(72)66-39(54(77)63-34(4)51(74)64-36(6)55(78)79)19-13-15-27-59-44(70)21-10-9-14-26-58-45(71)22-12-11-20-43-47-41(30-93-43)60-31-61-47/h17,30-31,33-37,39-40,42,48-50,57,68,73H,9-16,18-29H2,1-8H3,(H,58,71)(H,59,70)(H,60,61)(H,62,76)(H,63,77)(H,64,74)(H,65,69)(H,66,72)(H,67,75)(H,78,79)(H,80,81)(H,82,83)(H,84,85)/t33-,34-,35+,36-,37-,39+,40+,42-,48-,49-,50-,57-/m1/s1. The zero-order chi connectivity index (χ0) is 69.6. The number of aryl methyl sites for hydroxylation is 1. The third kappa shape index (κ3) is 30.8. The van der Waals surface area contributed by atoms with E-state index < -0.39 is 149 Å². The summed E-state index contributed by atoms with van der Waals surface area (Å²) >= 11 is 1.65. The van der Waals surface area contributed by atoms with Gasteiger partial charge in [-0.05, 0) is 125 Å². The normalized spacial score (nSPS) is 19.9. The number of carbonyl (C=O) groups is 10.